The average Bonchev–Trinajstić information content (AvgIpc) is 2.67. The molecule has 2 rings (SSSR count). The summed E-state index contributed by atoms with van der Waals surface area (Å²) < 4.78 is 11.6. The summed E-state index contributed by atoms with van der Waals surface area (Å²) in [6, 6.07) is 8.54. The molecule has 0 spiro atoms. The summed E-state index contributed by atoms with van der Waals surface area (Å²) in [5.41, 5.74) is -0.628. The Kier molecular flexibility index (Phi) is 6.61. The molecule has 7 heteroatoms. The molecule has 1 aromatic carbocycles. The van der Waals surface area contributed by atoms with Crippen LogP contribution in [0.15, 0.2) is 29.1 Å². The third kappa shape index (κ3) is 4.29. The maximum atomic E-state index is 12.7. The van der Waals surface area contributed by atoms with Crippen LogP contribution in [0.5, 0.6) is 17.4 Å². The van der Waals surface area contributed by atoms with Gasteiger partial charge in [0.2, 0.25) is 11.7 Å². The van der Waals surface area contributed by atoms with Crippen LogP contribution >= 0.6 is 0 Å². The number of ketones is 1. The molecule has 0 aliphatic carbocycles. The highest BCUT2D eigenvalue weighted by Crippen LogP contribution is 2.24. The van der Waals surface area contributed by atoms with Crippen LogP contribution < -0.4 is 15.0 Å². The lowest BCUT2D eigenvalue weighted by molar-refractivity contribution is 0.0916. The quantitative estimate of drug-likeness (QED) is 0.717. The number of aromatic nitrogens is 1. The molecule has 142 valence electrons. The molecule has 2 aromatic rings. The molecule has 0 amide bonds. The Morgan fingerprint density at radius 2 is 1.89 bits per heavy atom. The van der Waals surface area contributed by atoms with Crippen molar-refractivity contribution in [1.29, 1.82) is 5.26 Å². The Labute approximate surface area is 157 Å². The zero-order valence-electron chi connectivity index (χ0n) is 15.6. The van der Waals surface area contributed by atoms with Crippen molar-refractivity contribution in [2.75, 3.05) is 13.7 Å². The standard InChI is InChI=1S/C20H22N2O5/c1-4-5-10-22-19(24)16(11-21)13(2)18(20(22)25)17(23)12-27-15-8-6-14(26-3)7-9-15/h6-9,25H,4-5,10,12H2,1-3H3. The summed E-state index contributed by atoms with van der Waals surface area (Å²) in [5, 5.41) is 19.8. The van der Waals surface area contributed by atoms with Crippen LogP contribution in [-0.4, -0.2) is 29.2 Å². The number of hydrogen-bond donors (Lipinski definition) is 1. The third-order valence-corrected chi connectivity index (χ3v) is 4.24. The van der Waals surface area contributed by atoms with E-state index in [1.807, 2.05) is 13.0 Å². The Morgan fingerprint density at radius 3 is 2.44 bits per heavy atom. The molecule has 7 nitrogen and oxygen atoms in total. The number of hydrogen-bond acceptors (Lipinski definition) is 6. The second-order valence-corrected chi connectivity index (χ2v) is 6.01. The molecule has 1 heterocycles. The lowest BCUT2D eigenvalue weighted by Gasteiger charge is -2.15. The SMILES string of the molecule is CCCCn1c(O)c(C(=O)COc2ccc(OC)cc2)c(C)c(C#N)c1=O. The number of carbonyl (C=O) groups excluding carboxylic acids is 1. The second-order valence-electron chi connectivity index (χ2n) is 6.01. The van der Waals surface area contributed by atoms with E-state index in [4.69, 9.17) is 9.47 Å². The predicted molar refractivity (Wildman–Crippen MR) is 99.5 cm³/mol. The van der Waals surface area contributed by atoms with Crippen LogP contribution in [0.2, 0.25) is 0 Å². The maximum absolute atomic E-state index is 12.7. The highest BCUT2D eigenvalue weighted by molar-refractivity contribution is 6.01. The molecule has 0 unspecified atom stereocenters. The minimum Gasteiger partial charge on any atom is -0.497 e. The highest BCUT2D eigenvalue weighted by atomic mass is 16.5. The number of Topliss-reactive ketones (excluding diaryl/α,β-unsaturated/α-hetero) is 1. The number of carbonyl (C=O) groups is 1. The van der Waals surface area contributed by atoms with Crippen molar-refractivity contribution in [3.05, 3.63) is 51.3 Å². The fourth-order valence-corrected chi connectivity index (χ4v) is 2.70. The molecule has 0 atom stereocenters. The number of unbranched alkanes of at least 4 members (excludes halogenated alkanes) is 1. The topological polar surface area (TPSA) is 102 Å². The summed E-state index contributed by atoms with van der Waals surface area (Å²) >= 11 is 0. The first-order valence-electron chi connectivity index (χ1n) is 8.61. The molecule has 0 fully saturated rings. The van der Waals surface area contributed by atoms with Crippen LogP contribution in [0.3, 0.4) is 0 Å². The van der Waals surface area contributed by atoms with Gasteiger partial charge in [0.15, 0.2) is 6.61 Å². The van der Waals surface area contributed by atoms with E-state index in [9.17, 15) is 20.0 Å². The Hall–Kier alpha value is -3.27. The molecule has 1 N–H and O–H groups in total. The van der Waals surface area contributed by atoms with Crippen molar-refractivity contribution in [2.24, 2.45) is 0 Å². The zero-order chi connectivity index (χ0) is 20.0. The number of ether oxygens (including phenoxy) is 2. The van der Waals surface area contributed by atoms with Gasteiger partial charge in [-0.05, 0) is 43.2 Å². The van der Waals surface area contributed by atoms with E-state index in [2.05, 4.69) is 0 Å². The van der Waals surface area contributed by atoms with Crippen molar-refractivity contribution in [2.45, 2.75) is 33.2 Å². The fraction of sp³-hybridized carbons (Fsp3) is 0.350. The number of nitrogens with zero attached hydrogens (tertiary/aromatic N) is 2. The summed E-state index contributed by atoms with van der Waals surface area (Å²) in [6.45, 7) is 3.31. The van der Waals surface area contributed by atoms with Gasteiger partial charge in [-0.3, -0.25) is 14.2 Å². The van der Waals surface area contributed by atoms with Crippen LogP contribution in [0.25, 0.3) is 0 Å². The first kappa shape index (κ1) is 20.0. The molecule has 0 saturated carbocycles. The van der Waals surface area contributed by atoms with Gasteiger partial charge in [-0.15, -0.1) is 0 Å². The van der Waals surface area contributed by atoms with Gasteiger partial charge in [-0.2, -0.15) is 5.26 Å². The van der Waals surface area contributed by atoms with Crippen molar-refractivity contribution >= 4 is 5.78 Å². The monoisotopic (exact) mass is 370 g/mol. The number of aromatic hydroxyl groups is 1. The molecular formula is C20H22N2O5. The number of pyridine rings is 1. The van der Waals surface area contributed by atoms with E-state index in [0.717, 1.165) is 11.0 Å². The molecule has 1 aromatic heterocycles. The molecule has 27 heavy (non-hydrogen) atoms. The molecule has 0 aliphatic rings. The van der Waals surface area contributed by atoms with Gasteiger partial charge in [0.05, 0.1) is 12.7 Å². The second kappa shape index (κ2) is 8.90. The fourth-order valence-electron chi connectivity index (χ4n) is 2.70. The molecule has 0 radical (unpaired) electrons. The predicted octanol–water partition coefficient (Wildman–Crippen LogP) is 2.80. The summed E-state index contributed by atoms with van der Waals surface area (Å²) in [7, 11) is 1.55. The average molecular weight is 370 g/mol. The largest absolute Gasteiger partial charge is 0.497 e. The van der Waals surface area contributed by atoms with Crippen LogP contribution in [0, 0.1) is 18.3 Å². The number of methoxy groups -OCH3 is 1. The van der Waals surface area contributed by atoms with Gasteiger partial charge in [-0.25, -0.2) is 0 Å². The van der Waals surface area contributed by atoms with Gasteiger partial charge in [0.1, 0.15) is 23.1 Å². The number of rotatable bonds is 8. The van der Waals surface area contributed by atoms with Crippen molar-refractivity contribution in [3.63, 3.8) is 0 Å². The van der Waals surface area contributed by atoms with E-state index in [0.29, 0.717) is 17.9 Å². The first-order chi connectivity index (χ1) is 12.9. The maximum Gasteiger partial charge on any atom is 0.271 e. The van der Waals surface area contributed by atoms with Crippen LogP contribution in [0.4, 0.5) is 0 Å². The van der Waals surface area contributed by atoms with Gasteiger partial charge < -0.3 is 14.6 Å². The van der Waals surface area contributed by atoms with E-state index in [-0.39, 0.29) is 29.8 Å². The smallest absolute Gasteiger partial charge is 0.271 e. The minimum atomic E-state index is -0.589. The molecule has 0 saturated heterocycles. The van der Waals surface area contributed by atoms with Crippen LogP contribution in [-0.2, 0) is 6.54 Å². The Balaban J connectivity index is 2.33. The molecule has 0 aliphatic heterocycles. The summed E-state index contributed by atoms with van der Waals surface area (Å²) in [5.74, 6) is 0.181. The van der Waals surface area contributed by atoms with Crippen LogP contribution in [0.1, 0.15) is 41.3 Å². The van der Waals surface area contributed by atoms with Crippen molar-refractivity contribution in [3.8, 4) is 23.4 Å². The van der Waals surface area contributed by atoms with Crippen molar-refractivity contribution < 1.29 is 19.4 Å². The van der Waals surface area contributed by atoms with Gasteiger partial charge in [0.25, 0.3) is 5.56 Å². The van der Waals surface area contributed by atoms with Gasteiger partial charge >= 0.3 is 0 Å². The summed E-state index contributed by atoms with van der Waals surface area (Å²) in [4.78, 5) is 25.0. The lowest BCUT2D eigenvalue weighted by atomic mass is 10.0. The number of nitriles is 1. The summed E-state index contributed by atoms with van der Waals surface area (Å²) in [6.07, 6.45) is 1.43. The Bertz CT molecular complexity index is 923. The van der Waals surface area contributed by atoms with Gasteiger partial charge in [-0.1, -0.05) is 13.3 Å². The third-order valence-electron chi connectivity index (χ3n) is 4.24. The highest BCUT2D eigenvalue weighted by Gasteiger charge is 2.24. The Morgan fingerprint density at radius 1 is 1.26 bits per heavy atom. The lowest BCUT2D eigenvalue weighted by Crippen LogP contribution is -2.27. The number of benzene rings is 1. The van der Waals surface area contributed by atoms with E-state index in [1.54, 1.807) is 31.4 Å². The molecular weight excluding hydrogens is 348 g/mol. The molecule has 0 bridgehead atoms. The van der Waals surface area contributed by atoms with E-state index < -0.39 is 17.2 Å². The zero-order valence-corrected chi connectivity index (χ0v) is 15.6. The van der Waals surface area contributed by atoms with E-state index >= 15 is 0 Å². The normalized spacial score (nSPS) is 10.3. The van der Waals surface area contributed by atoms with E-state index in [1.165, 1.54) is 6.92 Å². The first-order valence-corrected chi connectivity index (χ1v) is 8.61. The van der Waals surface area contributed by atoms with Crippen molar-refractivity contribution in [1.82, 2.24) is 4.57 Å². The minimum absolute atomic E-state index is 0.0595. The van der Waals surface area contributed by atoms with Gasteiger partial charge in [0, 0.05) is 6.54 Å².